The van der Waals surface area contributed by atoms with Crippen molar-refractivity contribution >= 4 is 30.1 Å². The topological polar surface area (TPSA) is 41.1 Å². The van der Waals surface area contributed by atoms with Crippen LogP contribution in [0.5, 0.6) is 0 Å². The van der Waals surface area contributed by atoms with Crippen LogP contribution in [0, 0.1) is 5.92 Å². The number of carbonyl (C=O) groups excluding carboxylic acids is 1. The fraction of sp³-hybridized carbons (Fsp3) is 0.500. The third-order valence-corrected chi connectivity index (χ3v) is 4.17. The van der Waals surface area contributed by atoms with Gasteiger partial charge in [-0.15, -0.1) is 12.4 Å². The highest BCUT2D eigenvalue weighted by atomic mass is 35.5. The SMILES string of the molecule is CC1CNCCC1NC(=O)c1ccc(SC(F)F)cc1.Cl. The first-order chi connectivity index (χ1) is 9.56. The van der Waals surface area contributed by atoms with E-state index < -0.39 is 5.76 Å². The van der Waals surface area contributed by atoms with Crippen molar-refractivity contribution in [2.75, 3.05) is 13.1 Å². The molecule has 1 aliphatic rings. The zero-order valence-corrected chi connectivity index (χ0v) is 13.3. The Bertz CT molecular complexity index is 459. The molecule has 0 aliphatic carbocycles. The zero-order chi connectivity index (χ0) is 14.5. The van der Waals surface area contributed by atoms with E-state index >= 15 is 0 Å². The third-order valence-electron chi connectivity index (χ3n) is 3.44. The summed E-state index contributed by atoms with van der Waals surface area (Å²) in [6.07, 6.45) is 0.909. The highest BCUT2D eigenvalue weighted by Crippen LogP contribution is 2.25. The molecule has 0 saturated carbocycles. The first kappa shape index (κ1) is 18.2. The lowest BCUT2D eigenvalue weighted by Crippen LogP contribution is -2.48. The predicted octanol–water partition coefficient (Wildman–Crippen LogP) is 3.15. The van der Waals surface area contributed by atoms with Crippen LogP contribution in [0.25, 0.3) is 0 Å². The molecule has 1 aromatic carbocycles. The molecule has 1 aromatic rings. The average molecular weight is 337 g/mol. The number of hydrogen-bond acceptors (Lipinski definition) is 3. The molecule has 0 bridgehead atoms. The Balaban J connectivity index is 0.00000220. The van der Waals surface area contributed by atoms with E-state index in [1.54, 1.807) is 24.3 Å². The van der Waals surface area contributed by atoms with E-state index in [2.05, 4.69) is 17.6 Å². The summed E-state index contributed by atoms with van der Waals surface area (Å²) < 4.78 is 24.4. The Morgan fingerprint density at radius 1 is 1.38 bits per heavy atom. The van der Waals surface area contributed by atoms with Crippen molar-refractivity contribution in [2.45, 2.75) is 30.0 Å². The molecular formula is C14H19ClF2N2OS. The van der Waals surface area contributed by atoms with Gasteiger partial charge in [0.1, 0.15) is 0 Å². The molecule has 0 radical (unpaired) electrons. The monoisotopic (exact) mass is 336 g/mol. The maximum Gasteiger partial charge on any atom is 0.288 e. The van der Waals surface area contributed by atoms with Gasteiger partial charge in [-0.25, -0.2) is 0 Å². The predicted molar refractivity (Wildman–Crippen MR) is 83.5 cm³/mol. The largest absolute Gasteiger partial charge is 0.349 e. The van der Waals surface area contributed by atoms with Gasteiger partial charge in [0.25, 0.3) is 11.7 Å². The van der Waals surface area contributed by atoms with E-state index in [4.69, 9.17) is 0 Å². The Hall–Kier alpha value is -0.850. The van der Waals surface area contributed by atoms with Crippen LogP contribution in [-0.2, 0) is 0 Å². The Kier molecular flexibility index (Phi) is 7.42. The molecule has 0 spiro atoms. The number of thioether (sulfide) groups is 1. The normalized spacial score (nSPS) is 21.7. The van der Waals surface area contributed by atoms with E-state index in [0.717, 1.165) is 19.5 Å². The van der Waals surface area contributed by atoms with Gasteiger partial charge in [0.05, 0.1) is 0 Å². The van der Waals surface area contributed by atoms with Crippen LogP contribution in [-0.4, -0.2) is 30.8 Å². The minimum Gasteiger partial charge on any atom is -0.349 e. The van der Waals surface area contributed by atoms with Crippen LogP contribution in [0.3, 0.4) is 0 Å². The quantitative estimate of drug-likeness (QED) is 0.830. The van der Waals surface area contributed by atoms with Crippen molar-refractivity contribution in [1.29, 1.82) is 0 Å². The number of alkyl halides is 2. The molecule has 0 aromatic heterocycles. The van der Waals surface area contributed by atoms with Crippen molar-refractivity contribution < 1.29 is 13.6 Å². The maximum absolute atomic E-state index is 12.2. The van der Waals surface area contributed by atoms with Crippen LogP contribution in [0.15, 0.2) is 29.2 Å². The third kappa shape index (κ3) is 5.45. The summed E-state index contributed by atoms with van der Waals surface area (Å²) in [4.78, 5) is 12.6. The first-order valence-corrected chi connectivity index (χ1v) is 7.50. The standard InChI is InChI=1S/C14H18F2N2OS.ClH/c1-9-8-17-7-6-12(9)18-13(19)10-2-4-11(5-3-10)20-14(15)16;/h2-5,9,12,14,17H,6-8H2,1H3,(H,18,19);1H. The number of piperidine rings is 1. The second-order valence-corrected chi connectivity index (χ2v) is 6.02. The second kappa shape index (κ2) is 8.56. The summed E-state index contributed by atoms with van der Waals surface area (Å²) in [7, 11) is 0. The number of carbonyl (C=O) groups is 1. The van der Waals surface area contributed by atoms with Crippen molar-refractivity contribution in [2.24, 2.45) is 5.92 Å². The van der Waals surface area contributed by atoms with Gasteiger partial charge in [0, 0.05) is 16.5 Å². The van der Waals surface area contributed by atoms with E-state index in [-0.39, 0.29) is 24.4 Å². The summed E-state index contributed by atoms with van der Waals surface area (Å²) >= 11 is 0.482. The highest BCUT2D eigenvalue weighted by molar-refractivity contribution is 7.99. The number of halogens is 3. The molecule has 2 rings (SSSR count). The molecule has 2 N–H and O–H groups in total. The van der Waals surface area contributed by atoms with Crippen LogP contribution in [0.2, 0.25) is 0 Å². The molecule has 21 heavy (non-hydrogen) atoms. The maximum atomic E-state index is 12.2. The van der Waals surface area contributed by atoms with E-state index in [9.17, 15) is 13.6 Å². The number of nitrogens with one attached hydrogen (secondary N) is 2. The first-order valence-electron chi connectivity index (χ1n) is 6.62. The molecule has 1 saturated heterocycles. The lowest BCUT2D eigenvalue weighted by Gasteiger charge is -2.30. The minimum absolute atomic E-state index is 0. The summed E-state index contributed by atoms with van der Waals surface area (Å²) in [5.41, 5.74) is 0.509. The molecule has 1 amide bonds. The summed E-state index contributed by atoms with van der Waals surface area (Å²) in [6.45, 7) is 3.90. The summed E-state index contributed by atoms with van der Waals surface area (Å²) in [5, 5.41) is 6.29. The van der Waals surface area contributed by atoms with Gasteiger partial charge in [-0.1, -0.05) is 18.7 Å². The number of rotatable bonds is 4. The smallest absolute Gasteiger partial charge is 0.288 e. The molecular weight excluding hydrogens is 318 g/mol. The minimum atomic E-state index is -2.44. The number of hydrogen-bond donors (Lipinski definition) is 2. The Morgan fingerprint density at radius 2 is 2.05 bits per heavy atom. The van der Waals surface area contributed by atoms with Crippen LogP contribution < -0.4 is 10.6 Å². The highest BCUT2D eigenvalue weighted by Gasteiger charge is 2.22. The Labute approximate surface area is 133 Å². The van der Waals surface area contributed by atoms with Crippen molar-refractivity contribution in [3.8, 4) is 0 Å². The molecule has 2 atom stereocenters. The van der Waals surface area contributed by atoms with Crippen LogP contribution in [0.4, 0.5) is 8.78 Å². The van der Waals surface area contributed by atoms with Gasteiger partial charge in [-0.3, -0.25) is 4.79 Å². The van der Waals surface area contributed by atoms with Gasteiger partial charge in [-0.05, 0) is 49.7 Å². The number of benzene rings is 1. The van der Waals surface area contributed by atoms with E-state index in [0.29, 0.717) is 28.1 Å². The van der Waals surface area contributed by atoms with E-state index in [1.807, 2.05) is 0 Å². The Morgan fingerprint density at radius 3 is 2.62 bits per heavy atom. The second-order valence-electron chi connectivity index (χ2n) is 4.95. The molecule has 2 unspecified atom stereocenters. The average Bonchev–Trinajstić information content (AvgIpc) is 2.41. The van der Waals surface area contributed by atoms with E-state index in [1.165, 1.54) is 0 Å². The molecule has 1 fully saturated rings. The molecule has 1 aliphatic heterocycles. The molecule has 7 heteroatoms. The number of amides is 1. The molecule has 118 valence electrons. The lowest BCUT2D eigenvalue weighted by molar-refractivity contribution is 0.0914. The van der Waals surface area contributed by atoms with Crippen molar-refractivity contribution in [1.82, 2.24) is 10.6 Å². The van der Waals surface area contributed by atoms with Gasteiger partial charge in [-0.2, -0.15) is 8.78 Å². The zero-order valence-electron chi connectivity index (χ0n) is 11.6. The van der Waals surface area contributed by atoms with Crippen molar-refractivity contribution in [3.63, 3.8) is 0 Å². The lowest BCUT2D eigenvalue weighted by atomic mass is 9.95. The van der Waals surface area contributed by atoms with Gasteiger partial charge in [0.15, 0.2) is 0 Å². The van der Waals surface area contributed by atoms with Crippen LogP contribution in [0.1, 0.15) is 23.7 Å². The fourth-order valence-corrected chi connectivity index (χ4v) is 2.77. The summed E-state index contributed by atoms with van der Waals surface area (Å²) in [5.74, 6) is -2.19. The molecule has 1 heterocycles. The fourth-order valence-electron chi connectivity index (χ4n) is 2.27. The van der Waals surface area contributed by atoms with Gasteiger partial charge < -0.3 is 10.6 Å². The van der Waals surface area contributed by atoms with Crippen molar-refractivity contribution in [3.05, 3.63) is 29.8 Å². The van der Waals surface area contributed by atoms with Gasteiger partial charge in [0.2, 0.25) is 0 Å². The molecule has 3 nitrogen and oxygen atoms in total. The summed E-state index contributed by atoms with van der Waals surface area (Å²) in [6, 6.07) is 6.45. The van der Waals surface area contributed by atoms with Crippen LogP contribution >= 0.6 is 24.2 Å². The van der Waals surface area contributed by atoms with Gasteiger partial charge >= 0.3 is 0 Å².